The summed E-state index contributed by atoms with van der Waals surface area (Å²) in [4.78, 5) is 16.9. The molecule has 1 aliphatic rings. The highest BCUT2D eigenvalue weighted by atomic mass is 16.5. The number of aliphatic imine (C=N–C) groups is 1. The summed E-state index contributed by atoms with van der Waals surface area (Å²) in [7, 11) is 0. The van der Waals surface area contributed by atoms with E-state index < -0.39 is 0 Å². The van der Waals surface area contributed by atoms with E-state index in [2.05, 4.69) is 63.2 Å². The number of hydrogen-bond acceptors (Lipinski definition) is 8. The van der Waals surface area contributed by atoms with E-state index in [-0.39, 0.29) is 5.41 Å². The van der Waals surface area contributed by atoms with Gasteiger partial charge in [0.15, 0.2) is 5.75 Å². The number of benzene rings is 2. The third kappa shape index (κ3) is 4.66. The lowest BCUT2D eigenvalue weighted by atomic mass is 9.78. The largest absolute Gasteiger partial charge is 0.488 e. The maximum absolute atomic E-state index is 5.91. The summed E-state index contributed by atoms with van der Waals surface area (Å²) in [5.41, 5.74) is 3.34. The van der Waals surface area contributed by atoms with Gasteiger partial charge in [-0.3, -0.25) is 4.99 Å². The lowest BCUT2D eigenvalue weighted by Gasteiger charge is -2.26. The first-order valence-electron chi connectivity index (χ1n) is 11.1. The molecule has 8 heteroatoms. The van der Waals surface area contributed by atoms with Gasteiger partial charge in [0.2, 0.25) is 17.5 Å². The summed E-state index contributed by atoms with van der Waals surface area (Å²) in [5, 5.41) is 3.82. The van der Waals surface area contributed by atoms with E-state index in [9.17, 15) is 0 Å². The molecule has 0 radical (unpaired) electrons. The molecule has 0 N–H and O–H groups in total. The minimum atomic E-state index is -0.178. The van der Waals surface area contributed by atoms with Crippen molar-refractivity contribution in [2.75, 3.05) is 13.2 Å². The van der Waals surface area contributed by atoms with Crippen LogP contribution in [0.25, 0.3) is 11.6 Å². The van der Waals surface area contributed by atoms with E-state index in [0.29, 0.717) is 35.6 Å². The average Bonchev–Trinajstić information content (AvgIpc) is 3.25. The normalized spacial score (nSPS) is 13.2. The molecule has 0 spiro atoms. The first-order valence-corrected chi connectivity index (χ1v) is 11.1. The second-order valence-corrected chi connectivity index (χ2v) is 8.64. The van der Waals surface area contributed by atoms with Crippen molar-refractivity contribution in [3.63, 3.8) is 0 Å². The minimum Gasteiger partial charge on any atom is -0.488 e. The van der Waals surface area contributed by atoms with Crippen molar-refractivity contribution in [3.8, 4) is 28.9 Å². The predicted molar refractivity (Wildman–Crippen MR) is 128 cm³/mol. The van der Waals surface area contributed by atoms with Crippen LogP contribution in [0.1, 0.15) is 37.3 Å². The first-order chi connectivity index (χ1) is 16.5. The highest BCUT2D eigenvalue weighted by molar-refractivity contribution is 5.89. The van der Waals surface area contributed by atoms with Gasteiger partial charge < -0.3 is 14.0 Å². The third-order valence-electron chi connectivity index (χ3n) is 5.88. The zero-order chi connectivity index (χ0) is 23.5. The molecule has 4 aromatic rings. The van der Waals surface area contributed by atoms with Crippen LogP contribution >= 0.6 is 0 Å². The molecule has 2 aromatic heterocycles. The summed E-state index contributed by atoms with van der Waals surface area (Å²) in [6.45, 7) is 7.63. The Hall–Kier alpha value is -4.07. The monoisotopic (exact) mass is 455 g/mol. The maximum Gasteiger partial charge on any atom is 0.240 e. The molecule has 2 aromatic carbocycles. The van der Waals surface area contributed by atoms with Crippen molar-refractivity contribution in [1.82, 2.24) is 20.1 Å². The number of rotatable bonds is 8. The lowest BCUT2D eigenvalue weighted by Crippen LogP contribution is -2.20. The van der Waals surface area contributed by atoms with Crippen LogP contribution in [0.3, 0.4) is 0 Å². The van der Waals surface area contributed by atoms with Crippen molar-refractivity contribution in [2.24, 2.45) is 4.99 Å². The van der Waals surface area contributed by atoms with E-state index in [0.717, 1.165) is 24.4 Å². The Balaban J connectivity index is 1.23. The lowest BCUT2D eigenvalue weighted by molar-refractivity contribution is 0.370. The molecule has 0 saturated heterocycles. The molecule has 5 rings (SSSR count). The smallest absolute Gasteiger partial charge is 0.240 e. The molecule has 0 saturated carbocycles. The first kappa shape index (κ1) is 21.8. The van der Waals surface area contributed by atoms with Crippen LogP contribution < -0.4 is 9.47 Å². The summed E-state index contributed by atoms with van der Waals surface area (Å²) in [6, 6.07) is 16.3. The second-order valence-electron chi connectivity index (χ2n) is 8.64. The van der Waals surface area contributed by atoms with Crippen molar-refractivity contribution in [2.45, 2.75) is 32.6 Å². The summed E-state index contributed by atoms with van der Waals surface area (Å²) < 4.78 is 16.7. The van der Waals surface area contributed by atoms with Gasteiger partial charge in [-0.05, 0) is 35.4 Å². The van der Waals surface area contributed by atoms with E-state index in [1.165, 1.54) is 11.1 Å². The number of nitrogens with zero attached hydrogens (tertiary/aromatic N) is 5. The van der Waals surface area contributed by atoms with Crippen molar-refractivity contribution >= 4 is 5.71 Å². The Morgan fingerprint density at radius 2 is 1.47 bits per heavy atom. The zero-order valence-corrected chi connectivity index (χ0v) is 19.4. The second kappa shape index (κ2) is 9.05. The van der Waals surface area contributed by atoms with E-state index in [1.807, 2.05) is 24.3 Å². The van der Waals surface area contributed by atoms with Crippen molar-refractivity contribution in [3.05, 3.63) is 77.9 Å². The maximum atomic E-state index is 5.91. The number of ether oxygens (including phenoxy) is 2. The number of aryl methyl sites for hydroxylation is 1. The van der Waals surface area contributed by atoms with Gasteiger partial charge in [-0.1, -0.05) is 43.3 Å². The van der Waals surface area contributed by atoms with Crippen LogP contribution in [-0.2, 0) is 5.41 Å². The summed E-state index contributed by atoms with van der Waals surface area (Å²) in [6.07, 6.45) is 4.23. The van der Waals surface area contributed by atoms with Gasteiger partial charge in [0.05, 0.1) is 18.1 Å². The van der Waals surface area contributed by atoms with Gasteiger partial charge in [0.25, 0.3) is 0 Å². The third-order valence-corrected chi connectivity index (χ3v) is 5.88. The highest BCUT2D eigenvalue weighted by Gasteiger charge is 2.23. The van der Waals surface area contributed by atoms with E-state index >= 15 is 0 Å². The fourth-order valence-electron chi connectivity index (χ4n) is 3.64. The fourth-order valence-corrected chi connectivity index (χ4v) is 3.64. The standard InChI is InChI=1S/C26H25N5O3/c1-17-30-25(31-34-17)24-28-14-23(15-29-24)33-22-10-6-19(7-11-22)26(2,3)18-4-8-21(9-5-18)32-16-20-12-13-27-20/h4-11,14-15H,12-13,16H2,1-3H3. The Morgan fingerprint density at radius 1 is 0.853 bits per heavy atom. The molecule has 0 amide bonds. The van der Waals surface area contributed by atoms with Crippen LogP contribution in [0, 0.1) is 6.92 Å². The molecule has 34 heavy (non-hydrogen) atoms. The predicted octanol–water partition coefficient (Wildman–Crippen LogP) is 5.18. The van der Waals surface area contributed by atoms with Gasteiger partial charge in [0.1, 0.15) is 18.1 Å². The van der Waals surface area contributed by atoms with Crippen molar-refractivity contribution in [1.29, 1.82) is 0 Å². The van der Waals surface area contributed by atoms with Gasteiger partial charge in [-0.15, -0.1) is 0 Å². The Morgan fingerprint density at radius 3 is 2.00 bits per heavy atom. The molecule has 3 heterocycles. The molecule has 0 unspecified atom stereocenters. The van der Waals surface area contributed by atoms with Crippen molar-refractivity contribution < 1.29 is 14.0 Å². The molecule has 0 aliphatic carbocycles. The fraction of sp³-hybridized carbons (Fsp3) is 0.269. The van der Waals surface area contributed by atoms with Gasteiger partial charge in [-0.2, -0.15) is 4.98 Å². The van der Waals surface area contributed by atoms with E-state index in [1.54, 1.807) is 19.3 Å². The Bertz CT molecular complexity index is 1290. The van der Waals surface area contributed by atoms with Crippen LogP contribution in [-0.4, -0.2) is 39.0 Å². The number of hydrogen-bond donors (Lipinski definition) is 0. The Labute approximate surface area is 197 Å². The summed E-state index contributed by atoms with van der Waals surface area (Å²) >= 11 is 0. The van der Waals surface area contributed by atoms with E-state index in [4.69, 9.17) is 14.0 Å². The van der Waals surface area contributed by atoms with Crippen LogP contribution in [0.2, 0.25) is 0 Å². The van der Waals surface area contributed by atoms with Gasteiger partial charge in [-0.25, -0.2) is 9.97 Å². The molecular weight excluding hydrogens is 430 g/mol. The van der Waals surface area contributed by atoms with Crippen LogP contribution in [0.5, 0.6) is 17.2 Å². The van der Waals surface area contributed by atoms with Gasteiger partial charge >= 0.3 is 0 Å². The molecule has 172 valence electrons. The molecule has 1 aliphatic heterocycles. The molecule has 0 atom stereocenters. The molecule has 0 bridgehead atoms. The SMILES string of the molecule is Cc1nc(-c2ncc(Oc3ccc(C(C)(C)c4ccc(OCC5=NCC5)cc4)cc3)cn2)no1. The highest BCUT2D eigenvalue weighted by Crippen LogP contribution is 2.34. The summed E-state index contributed by atoms with van der Waals surface area (Å²) in [5.74, 6) is 3.29. The Kier molecular flexibility index (Phi) is 5.79. The number of aromatic nitrogens is 4. The quantitative estimate of drug-likeness (QED) is 0.361. The van der Waals surface area contributed by atoms with Gasteiger partial charge in [0, 0.05) is 25.3 Å². The molecular formula is C26H25N5O3. The topological polar surface area (TPSA) is 95.5 Å². The molecule has 8 nitrogen and oxygen atoms in total. The minimum absolute atomic E-state index is 0.178. The zero-order valence-electron chi connectivity index (χ0n) is 19.4. The molecule has 0 fully saturated rings. The van der Waals surface area contributed by atoms with Crippen LogP contribution in [0.4, 0.5) is 0 Å². The average molecular weight is 456 g/mol. The van der Waals surface area contributed by atoms with Crippen LogP contribution in [0.15, 0.2) is 70.4 Å².